The first-order valence-corrected chi connectivity index (χ1v) is 6.57. The highest BCUT2D eigenvalue weighted by Crippen LogP contribution is 2.38. The minimum Gasteiger partial charge on any atom is -0.316 e. The van der Waals surface area contributed by atoms with Crippen LogP contribution in [0.3, 0.4) is 0 Å². The molecule has 1 aromatic rings. The zero-order chi connectivity index (χ0) is 11.1. The van der Waals surface area contributed by atoms with Gasteiger partial charge in [-0.1, -0.05) is 6.08 Å². The molecule has 0 spiro atoms. The van der Waals surface area contributed by atoms with Gasteiger partial charge in [0.2, 0.25) is 0 Å². The zero-order valence-corrected chi connectivity index (χ0v) is 10.9. The monoisotopic (exact) mass is 278 g/mol. The zero-order valence-electron chi connectivity index (χ0n) is 9.33. The van der Waals surface area contributed by atoms with Crippen LogP contribution in [0.25, 0.3) is 5.57 Å². The second-order valence-electron chi connectivity index (χ2n) is 4.77. The summed E-state index contributed by atoms with van der Waals surface area (Å²) in [5.74, 6) is 1.56. The number of nitrogens with zero attached hydrogens (tertiary/aromatic N) is 1. The van der Waals surface area contributed by atoms with E-state index in [1.165, 1.54) is 24.1 Å². The summed E-state index contributed by atoms with van der Waals surface area (Å²) in [5, 5.41) is 3.45. The van der Waals surface area contributed by atoms with Gasteiger partial charge in [0.05, 0.1) is 5.69 Å². The van der Waals surface area contributed by atoms with Crippen molar-refractivity contribution >= 4 is 21.5 Å². The molecular weight excluding hydrogens is 264 g/mol. The van der Waals surface area contributed by atoms with Crippen molar-refractivity contribution in [3.8, 4) is 0 Å². The molecule has 1 aliphatic heterocycles. The van der Waals surface area contributed by atoms with E-state index >= 15 is 0 Å². The van der Waals surface area contributed by atoms with Gasteiger partial charge in [-0.25, -0.2) is 0 Å². The Hall–Kier alpha value is -0.670. The normalized spacial score (nSPS) is 28.0. The van der Waals surface area contributed by atoms with Gasteiger partial charge in [0.1, 0.15) is 0 Å². The molecule has 2 nitrogen and oxygen atoms in total. The fourth-order valence-electron chi connectivity index (χ4n) is 2.68. The number of rotatable bonds is 1. The Morgan fingerprint density at radius 3 is 3.06 bits per heavy atom. The van der Waals surface area contributed by atoms with Gasteiger partial charge in [-0.2, -0.15) is 0 Å². The molecule has 2 atom stereocenters. The number of aryl methyl sites for hydroxylation is 1. The fourth-order valence-corrected chi connectivity index (χ4v) is 3.03. The molecule has 0 aromatic carbocycles. The predicted octanol–water partition coefficient (Wildman–Crippen LogP) is 2.78. The molecule has 1 N–H and O–H groups in total. The van der Waals surface area contributed by atoms with Gasteiger partial charge in [-0.3, -0.25) is 4.98 Å². The summed E-state index contributed by atoms with van der Waals surface area (Å²) in [4.78, 5) is 4.41. The summed E-state index contributed by atoms with van der Waals surface area (Å²) in [6.07, 6.45) is 5.64. The van der Waals surface area contributed by atoms with E-state index < -0.39 is 0 Å². The molecule has 2 heterocycles. The van der Waals surface area contributed by atoms with Crippen molar-refractivity contribution in [3.05, 3.63) is 34.1 Å². The van der Waals surface area contributed by atoms with E-state index in [0.29, 0.717) is 0 Å². The van der Waals surface area contributed by atoms with E-state index in [0.717, 1.165) is 28.5 Å². The fraction of sp³-hybridized carbons (Fsp3) is 0.462. The lowest BCUT2D eigenvalue weighted by Crippen LogP contribution is -2.09. The molecule has 3 heteroatoms. The van der Waals surface area contributed by atoms with Crippen molar-refractivity contribution in [1.82, 2.24) is 10.3 Å². The van der Waals surface area contributed by atoms with Crippen LogP contribution in [-0.2, 0) is 0 Å². The van der Waals surface area contributed by atoms with Gasteiger partial charge in [0, 0.05) is 17.2 Å². The maximum atomic E-state index is 4.41. The predicted molar refractivity (Wildman–Crippen MR) is 69.1 cm³/mol. The standard InChI is InChI=1S/C13H15BrN2/c1-8-13(14)4-12(7-16-8)9-2-10-5-15-6-11(10)3-9/h2,4,7,10-11,15H,3,5-6H2,1H3/t10-,11+/m1/s1. The average Bonchev–Trinajstić information content (AvgIpc) is 2.81. The third kappa shape index (κ3) is 1.72. The minimum absolute atomic E-state index is 0.745. The molecule has 1 aromatic heterocycles. The summed E-state index contributed by atoms with van der Waals surface area (Å²) in [6.45, 7) is 4.34. The number of fused-ring (bicyclic) bond motifs is 1. The Labute approximate surface area is 104 Å². The molecule has 0 unspecified atom stereocenters. The number of nitrogens with one attached hydrogen (secondary N) is 1. The van der Waals surface area contributed by atoms with E-state index in [4.69, 9.17) is 0 Å². The SMILES string of the molecule is Cc1ncc(C2=C[C@@H]3CNC[C@@H]3C2)cc1Br. The number of halogens is 1. The van der Waals surface area contributed by atoms with Crippen LogP contribution in [0.15, 0.2) is 22.8 Å². The van der Waals surface area contributed by atoms with Crippen LogP contribution >= 0.6 is 15.9 Å². The molecule has 3 rings (SSSR count). The molecule has 1 fully saturated rings. The van der Waals surface area contributed by atoms with Gasteiger partial charge in [-0.15, -0.1) is 0 Å². The first-order valence-electron chi connectivity index (χ1n) is 5.78. The Bertz CT molecular complexity index is 453. The topological polar surface area (TPSA) is 24.9 Å². The van der Waals surface area contributed by atoms with Crippen LogP contribution in [-0.4, -0.2) is 18.1 Å². The van der Waals surface area contributed by atoms with Gasteiger partial charge in [0.25, 0.3) is 0 Å². The summed E-state index contributed by atoms with van der Waals surface area (Å²) in [6, 6.07) is 2.20. The van der Waals surface area contributed by atoms with Gasteiger partial charge in [-0.05, 0) is 64.9 Å². The Balaban J connectivity index is 1.90. The summed E-state index contributed by atoms with van der Waals surface area (Å²) in [7, 11) is 0. The third-order valence-corrected chi connectivity index (χ3v) is 4.49. The van der Waals surface area contributed by atoms with Crippen LogP contribution in [0.1, 0.15) is 17.7 Å². The summed E-state index contributed by atoms with van der Waals surface area (Å²) >= 11 is 3.55. The molecule has 84 valence electrons. The molecule has 0 bridgehead atoms. The molecule has 0 radical (unpaired) electrons. The van der Waals surface area contributed by atoms with E-state index in [1.54, 1.807) is 0 Å². The maximum absolute atomic E-state index is 4.41. The largest absolute Gasteiger partial charge is 0.316 e. The number of aromatic nitrogens is 1. The van der Waals surface area contributed by atoms with Gasteiger partial charge < -0.3 is 5.32 Å². The number of hydrogen-bond donors (Lipinski definition) is 1. The Kier molecular flexibility index (Phi) is 2.60. The van der Waals surface area contributed by atoms with Crippen molar-refractivity contribution in [2.75, 3.05) is 13.1 Å². The highest BCUT2D eigenvalue weighted by Gasteiger charge is 2.31. The van der Waals surface area contributed by atoms with E-state index in [9.17, 15) is 0 Å². The highest BCUT2D eigenvalue weighted by molar-refractivity contribution is 9.10. The second-order valence-corrected chi connectivity index (χ2v) is 5.62. The Morgan fingerprint density at radius 1 is 1.44 bits per heavy atom. The van der Waals surface area contributed by atoms with Gasteiger partial charge >= 0.3 is 0 Å². The van der Waals surface area contributed by atoms with E-state index in [2.05, 4.69) is 38.4 Å². The van der Waals surface area contributed by atoms with Crippen molar-refractivity contribution < 1.29 is 0 Å². The summed E-state index contributed by atoms with van der Waals surface area (Å²) < 4.78 is 1.11. The van der Waals surface area contributed by atoms with E-state index in [-0.39, 0.29) is 0 Å². The van der Waals surface area contributed by atoms with Crippen LogP contribution in [0.4, 0.5) is 0 Å². The molecule has 16 heavy (non-hydrogen) atoms. The lowest BCUT2D eigenvalue weighted by atomic mass is 9.99. The first-order chi connectivity index (χ1) is 7.74. The van der Waals surface area contributed by atoms with Crippen molar-refractivity contribution in [2.24, 2.45) is 11.8 Å². The van der Waals surface area contributed by atoms with Crippen LogP contribution < -0.4 is 5.32 Å². The maximum Gasteiger partial charge on any atom is 0.0514 e. The van der Waals surface area contributed by atoms with Crippen LogP contribution in [0.2, 0.25) is 0 Å². The van der Waals surface area contributed by atoms with E-state index in [1.807, 2.05) is 13.1 Å². The van der Waals surface area contributed by atoms with Crippen molar-refractivity contribution in [3.63, 3.8) is 0 Å². The van der Waals surface area contributed by atoms with Crippen LogP contribution in [0, 0.1) is 18.8 Å². The highest BCUT2D eigenvalue weighted by atomic mass is 79.9. The van der Waals surface area contributed by atoms with Crippen molar-refractivity contribution in [1.29, 1.82) is 0 Å². The molecule has 0 saturated carbocycles. The number of allylic oxidation sites excluding steroid dienone is 1. The van der Waals surface area contributed by atoms with Crippen molar-refractivity contribution in [2.45, 2.75) is 13.3 Å². The van der Waals surface area contributed by atoms with Crippen LogP contribution in [0.5, 0.6) is 0 Å². The molecule has 0 amide bonds. The third-order valence-electron chi connectivity index (χ3n) is 3.69. The number of pyridine rings is 1. The van der Waals surface area contributed by atoms with Gasteiger partial charge in [0.15, 0.2) is 0 Å². The molecular formula is C13H15BrN2. The molecule has 1 saturated heterocycles. The minimum atomic E-state index is 0.745. The molecule has 2 aliphatic rings. The summed E-state index contributed by atoms with van der Waals surface area (Å²) in [5.41, 5.74) is 3.82. The second kappa shape index (κ2) is 3.97. The first kappa shape index (κ1) is 10.5. The number of hydrogen-bond acceptors (Lipinski definition) is 2. The lowest BCUT2D eigenvalue weighted by molar-refractivity contribution is 0.536. The average molecular weight is 279 g/mol. The quantitative estimate of drug-likeness (QED) is 0.855. The smallest absolute Gasteiger partial charge is 0.0514 e. The Morgan fingerprint density at radius 2 is 2.31 bits per heavy atom. The molecule has 1 aliphatic carbocycles. The lowest BCUT2D eigenvalue weighted by Gasteiger charge is -2.07.